The number of alkyl halides is 12. The predicted octanol–water partition coefficient (Wildman–Crippen LogP) is 21.1. The van der Waals surface area contributed by atoms with Crippen molar-refractivity contribution in [2.24, 2.45) is 22.7 Å². The van der Waals surface area contributed by atoms with E-state index in [1.165, 1.54) is 20.8 Å². The van der Waals surface area contributed by atoms with E-state index >= 15 is 0 Å². The Labute approximate surface area is 852 Å². The van der Waals surface area contributed by atoms with Gasteiger partial charge in [0.05, 0.1) is 17.8 Å². The van der Waals surface area contributed by atoms with Gasteiger partial charge in [0.15, 0.2) is 150 Å². The van der Waals surface area contributed by atoms with Crippen LogP contribution in [0.3, 0.4) is 0 Å². The molecule has 60 heteroatoms. The lowest BCUT2D eigenvalue weighted by Gasteiger charge is -2.31. The Hall–Kier alpha value is -4.28. The molecule has 870 valence electrons. The van der Waals surface area contributed by atoms with E-state index in [2.05, 4.69) is 28.4 Å². The van der Waals surface area contributed by atoms with Crippen LogP contribution in [0.25, 0.3) is 0 Å². The van der Waals surface area contributed by atoms with Gasteiger partial charge in [-0.25, -0.2) is 50.5 Å². The first-order valence-electron chi connectivity index (χ1n) is 36.4. The second kappa shape index (κ2) is 78.9. The maximum atomic E-state index is 12.9. The highest BCUT2D eigenvalue weighted by Crippen LogP contribution is 2.36. The molecule has 4 atom stereocenters. The topological polar surface area (TPSA) is 556 Å². The fourth-order valence-electron chi connectivity index (χ4n) is 8.93. The number of rotatable bonds is 49. The molecule has 0 saturated carbocycles. The number of hydrogen-bond acceptors (Lipinski definition) is 36. The zero-order chi connectivity index (χ0) is 99.7. The van der Waals surface area contributed by atoms with Gasteiger partial charge in [0.25, 0.3) is 0 Å². The minimum Gasteiger partial charge on any atom is -0.743 e. The quantitative estimate of drug-likeness (QED) is 0.0136. The SMILES string of the molecule is C.C.C.C.C.C.C.C.C.C.C.C.CCC(CCC(=O)OCC(F)(F)S(=O)(=O)[O-])[Si](C)(C)OC.CO[Si](C)(C)C(C)CCC(=O)OCC(F)(F)S(=O)(=O)[O-].CO[Si](C)(C)CC(C)(C)CC(=O)OCC(F)(F)S(=O)(=O)[O-].CO[Si](C)(C)CC(C)CC(=O)OCC(F)(F)S(=O)(=O)[O-].CO[Si](C)(C)CCC(C)(C)C(=O)OCC(F)(F)S(=O)(=O)[O-].CO[Si](C)(C)CCC(C)C(=O)OCC(F)(F)S(=O)(=O)[O-].[CH3+].[CH3+].[CH3+].[CH3+].[CH3+].[CH3+]. The second-order valence-electron chi connectivity index (χ2n) is 32.8. The summed E-state index contributed by atoms with van der Waals surface area (Å²) in [5, 5.41) is -27.7. The van der Waals surface area contributed by atoms with E-state index in [-0.39, 0.29) is 176 Å². The average Bonchev–Trinajstić information content (AvgIpc) is 0.848. The van der Waals surface area contributed by atoms with Crippen molar-refractivity contribution in [3.8, 4) is 0 Å². The molecule has 0 rings (SSSR count). The first-order chi connectivity index (χ1) is 54.1. The lowest BCUT2D eigenvalue weighted by Crippen LogP contribution is -2.38. The van der Waals surface area contributed by atoms with Crippen molar-refractivity contribution in [2.75, 3.05) is 82.3 Å². The predicted molar refractivity (Wildman–Crippen MR) is 545 cm³/mol. The highest BCUT2D eigenvalue weighted by atomic mass is 32.2. The molecule has 0 saturated heterocycles. The lowest BCUT2D eigenvalue weighted by atomic mass is 9.90. The Bertz CT molecular complexity index is 4040. The monoisotopic (exact) mass is 2320 g/mol. The normalized spacial score (nSPS) is 12.8. The molecule has 0 heterocycles. The zero-order valence-corrected chi connectivity index (χ0v) is 90.3. The Balaban J connectivity index is -0.0000000516. The maximum absolute atomic E-state index is 12.9. The molecule has 0 aliphatic heterocycles. The lowest BCUT2D eigenvalue weighted by molar-refractivity contribution is -0.160. The molecule has 0 aromatic heterocycles. The highest BCUT2D eigenvalue weighted by Gasteiger charge is 2.46. The fourth-order valence-corrected chi connectivity index (χ4v) is 20.9. The summed E-state index contributed by atoms with van der Waals surface area (Å²) >= 11 is 0. The van der Waals surface area contributed by atoms with Crippen molar-refractivity contribution in [1.82, 2.24) is 0 Å². The van der Waals surface area contributed by atoms with Crippen molar-refractivity contribution >= 4 is 146 Å². The molecule has 0 aliphatic rings. The van der Waals surface area contributed by atoms with Crippen molar-refractivity contribution in [2.45, 2.75) is 348 Å². The Morgan fingerprint density at radius 2 is 0.589 bits per heavy atom. The van der Waals surface area contributed by atoms with E-state index in [4.69, 9.17) is 26.6 Å². The molecule has 36 nitrogen and oxygen atoms in total. The zero-order valence-electron chi connectivity index (χ0n) is 79.4. The summed E-state index contributed by atoms with van der Waals surface area (Å²) in [7, 11) is -37.2. The van der Waals surface area contributed by atoms with Crippen LogP contribution in [0.15, 0.2) is 0 Å². The number of carbonyl (C=O) groups is 6. The summed E-state index contributed by atoms with van der Waals surface area (Å²) in [6.07, 6.45) is 1.67. The summed E-state index contributed by atoms with van der Waals surface area (Å²) < 4.78 is 395. The molecule has 0 radical (unpaired) electrons. The number of carbonyl (C=O) groups excluding carboxylic acids is 6. The van der Waals surface area contributed by atoms with E-state index in [1.54, 1.807) is 63.4 Å². The Morgan fingerprint density at radius 3 is 0.858 bits per heavy atom. The van der Waals surface area contributed by atoms with Gasteiger partial charge in [0.1, 0.15) is 0 Å². The average molecular weight is 2330 g/mol. The Morgan fingerprint density at radius 1 is 0.333 bits per heavy atom. The van der Waals surface area contributed by atoms with Gasteiger partial charge in [-0.3, -0.25) is 28.8 Å². The van der Waals surface area contributed by atoms with E-state index in [9.17, 15) is 159 Å². The summed E-state index contributed by atoms with van der Waals surface area (Å²) in [6.45, 7) is 26.3. The van der Waals surface area contributed by atoms with Gasteiger partial charge in [-0.1, -0.05) is 137 Å². The first kappa shape index (κ1) is 198. The third-order valence-corrected chi connectivity index (χ3v) is 41.7. The van der Waals surface area contributed by atoms with Crippen molar-refractivity contribution < 1.29 is 214 Å². The molecule has 0 spiro atoms. The minimum absolute atomic E-state index is 0. The molecule has 0 N–H and O–H groups in total. The molecule has 0 aliphatic carbocycles. The third-order valence-electron chi connectivity index (χ3n) is 18.3. The molecular weight excluding hydrogens is 2140 g/mol. The van der Waals surface area contributed by atoms with Gasteiger partial charge in [-0.05, 0) is 165 Å². The van der Waals surface area contributed by atoms with Crippen LogP contribution in [0.5, 0.6) is 0 Å². The van der Waals surface area contributed by atoms with E-state index in [0.29, 0.717) is 49.9 Å². The summed E-state index contributed by atoms with van der Waals surface area (Å²) in [6, 6.07) is 2.43. The molecule has 0 fully saturated rings. The highest BCUT2D eigenvalue weighted by molar-refractivity contribution is 7.88. The van der Waals surface area contributed by atoms with Crippen LogP contribution in [0, 0.1) is 67.2 Å². The van der Waals surface area contributed by atoms with E-state index in [0.717, 1.165) is 6.42 Å². The van der Waals surface area contributed by atoms with Crippen LogP contribution >= 0.6 is 0 Å². The van der Waals surface area contributed by atoms with Crippen LogP contribution in [-0.2, 0) is 144 Å². The molecule has 141 heavy (non-hydrogen) atoms. The van der Waals surface area contributed by atoms with Crippen molar-refractivity contribution in [3.05, 3.63) is 44.6 Å². The van der Waals surface area contributed by atoms with Crippen LogP contribution in [0.2, 0.25) is 114 Å². The van der Waals surface area contributed by atoms with Crippen molar-refractivity contribution in [3.63, 3.8) is 0 Å². The summed E-state index contributed by atoms with van der Waals surface area (Å²) in [5.74, 6) is -6.66. The van der Waals surface area contributed by atoms with Gasteiger partial charge in [-0.2, -0.15) is 52.7 Å². The summed E-state index contributed by atoms with van der Waals surface area (Å²) in [5.41, 5.74) is -1.40. The molecule has 4 unspecified atom stereocenters. The molecule has 0 amide bonds. The van der Waals surface area contributed by atoms with E-state index < -0.39 is 234 Å². The minimum atomic E-state index is -5.86. The number of hydrogen-bond donors (Lipinski definition) is 0. The molecule has 0 aromatic carbocycles. The van der Waals surface area contributed by atoms with Crippen LogP contribution in [0.4, 0.5) is 52.7 Å². The largest absolute Gasteiger partial charge is 0.743 e. The number of ether oxygens (including phenoxy) is 6. The van der Waals surface area contributed by atoms with Crippen LogP contribution in [0.1, 0.15) is 202 Å². The summed E-state index contributed by atoms with van der Waals surface area (Å²) in [4.78, 5) is 68.7. The van der Waals surface area contributed by atoms with Gasteiger partial charge >= 0.3 is 67.3 Å². The second-order valence-corrected chi connectivity index (χ2v) is 68.3. The first-order valence-corrected chi connectivity index (χ1v) is 63.2. The van der Waals surface area contributed by atoms with Gasteiger partial charge in [0.2, 0.25) is 0 Å². The van der Waals surface area contributed by atoms with Crippen molar-refractivity contribution in [1.29, 1.82) is 0 Å². The standard InChI is InChI=1S/3C11H22F2O6SSi.3C10H20F2O6SSi.12CH4.6CH3/c1-10(2,8-21(4,5)18-3)6-9(14)19-7-11(12,13)20(15,16)17;1-10(2,6-7-21(4,5)18-3)9(14)19-8-11(12,13)20(15,16)17;1-5-9(21(3,4)18-2)6-7-10(14)19-8-11(12,13)20(15,16)17;1-8(6-20(3,4)17-2)5-9(13)18-7-10(11,12)19(14,15)16;1-8(5-6-20(3,4)17-2)9(13)18-7-10(11,12)19(14,15)16;1-8(20(3,4)17-2)5-6-9(13)18-7-10(11,12)19(14,15)16;;;;;;;;;;;;;;;;;;/h2*6-8H2,1-5H3,(H,15,16,17);9H,5-8H2,1-4H3,(H,15,16,17);3*8H,5-7H2,1-4H3,(H,14,15,16);12*1H4;6*1H3/q;;;;;;;;;;;;;;;;;;6*+1/p-6. The Kier molecular flexibility index (Phi) is 111. The molecular formula is C81H186F12O36S6Si6. The van der Waals surface area contributed by atoms with Gasteiger partial charge in [-0.15, -0.1) is 0 Å². The number of esters is 6. The number of halogens is 12. The van der Waals surface area contributed by atoms with Gasteiger partial charge in [0, 0.05) is 106 Å². The van der Waals surface area contributed by atoms with Crippen LogP contribution in [-0.4, -0.2) is 277 Å². The molecule has 0 aromatic rings. The smallest absolute Gasteiger partial charge is 0.367 e. The third kappa shape index (κ3) is 83.3. The maximum Gasteiger partial charge on any atom is 0.367 e. The molecule has 0 bridgehead atoms. The van der Waals surface area contributed by atoms with Gasteiger partial charge < -0.3 is 82.3 Å². The fraction of sp³-hybridized carbons (Fsp3) is 0.852. The van der Waals surface area contributed by atoms with Crippen LogP contribution < -0.4 is 0 Å². The van der Waals surface area contributed by atoms with E-state index in [1.807, 2.05) is 92.4 Å².